The minimum Gasteiger partial charge on any atom is -0.364 e. The van der Waals surface area contributed by atoms with Crippen LogP contribution in [0.2, 0.25) is 0 Å². The van der Waals surface area contributed by atoms with Crippen molar-refractivity contribution in [2.24, 2.45) is 0 Å². The first-order chi connectivity index (χ1) is 5.34. The van der Waals surface area contributed by atoms with Crippen molar-refractivity contribution in [1.82, 2.24) is 4.90 Å². The standard InChI is InChI=1S/C8H17NOS/c1-3-10-8(2)9-5-4-6-11-7-9/h8H,3-7H2,1-2H3. The molecule has 0 spiro atoms. The predicted octanol–water partition coefficient (Wildman–Crippen LogP) is 1.77. The van der Waals surface area contributed by atoms with E-state index in [1.807, 2.05) is 18.7 Å². The highest BCUT2D eigenvalue weighted by molar-refractivity contribution is 7.99. The van der Waals surface area contributed by atoms with Crippen LogP contribution in [0.25, 0.3) is 0 Å². The van der Waals surface area contributed by atoms with Crippen LogP contribution < -0.4 is 0 Å². The number of rotatable bonds is 3. The number of thioether (sulfide) groups is 1. The van der Waals surface area contributed by atoms with Gasteiger partial charge in [-0.05, 0) is 26.0 Å². The summed E-state index contributed by atoms with van der Waals surface area (Å²) in [7, 11) is 0. The van der Waals surface area contributed by atoms with E-state index < -0.39 is 0 Å². The van der Waals surface area contributed by atoms with Crippen molar-refractivity contribution in [2.45, 2.75) is 26.5 Å². The van der Waals surface area contributed by atoms with Crippen LogP contribution in [0.3, 0.4) is 0 Å². The Hall–Kier alpha value is 0.270. The average Bonchev–Trinajstić information content (AvgIpc) is 2.07. The van der Waals surface area contributed by atoms with Gasteiger partial charge in [0.25, 0.3) is 0 Å². The maximum atomic E-state index is 5.49. The molecule has 0 bridgehead atoms. The van der Waals surface area contributed by atoms with Crippen LogP contribution in [0, 0.1) is 0 Å². The average molecular weight is 175 g/mol. The summed E-state index contributed by atoms with van der Waals surface area (Å²) in [6.07, 6.45) is 1.62. The van der Waals surface area contributed by atoms with Gasteiger partial charge in [-0.3, -0.25) is 4.90 Å². The molecule has 0 radical (unpaired) electrons. The van der Waals surface area contributed by atoms with E-state index in [0.717, 1.165) is 12.5 Å². The molecule has 1 fully saturated rings. The monoisotopic (exact) mass is 175 g/mol. The Bertz CT molecular complexity index is 104. The van der Waals surface area contributed by atoms with E-state index in [1.165, 1.54) is 18.7 Å². The fourth-order valence-corrected chi connectivity index (χ4v) is 2.29. The van der Waals surface area contributed by atoms with Crippen LogP contribution in [-0.2, 0) is 4.74 Å². The van der Waals surface area contributed by atoms with Gasteiger partial charge in [0, 0.05) is 19.0 Å². The van der Waals surface area contributed by atoms with Crippen molar-refractivity contribution in [2.75, 3.05) is 24.8 Å². The molecule has 0 aromatic rings. The molecular weight excluding hydrogens is 158 g/mol. The van der Waals surface area contributed by atoms with Crippen molar-refractivity contribution in [1.29, 1.82) is 0 Å². The molecule has 1 saturated heterocycles. The molecule has 0 saturated carbocycles. The second-order valence-electron chi connectivity index (χ2n) is 2.76. The molecule has 1 atom stereocenters. The van der Waals surface area contributed by atoms with Crippen molar-refractivity contribution >= 4 is 11.8 Å². The van der Waals surface area contributed by atoms with Crippen LogP contribution in [-0.4, -0.2) is 35.9 Å². The molecule has 1 rings (SSSR count). The molecule has 0 aromatic heterocycles. The smallest absolute Gasteiger partial charge is 0.108 e. The number of nitrogens with zero attached hydrogens (tertiary/aromatic N) is 1. The Morgan fingerprint density at radius 2 is 2.45 bits per heavy atom. The van der Waals surface area contributed by atoms with Gasteiger partial charge in [0.05, 0.1) is 0 Å². The van der Waals surface area contributed by atoms with E-state index in [4.69, 9.17) is 4.74 Å². The van der Waals surface area contributed by atoms with Gasteiger partial charge in [-0.1, -0.05) is 0 Å². The Labute approximate surface area is 73.3 Å². The molecule has 1 heterocycles. The SMILES string of the molecule is CCOC(C)N1CCCSC1. The molecule has 66 valence electrons. The number of hydrogen-bond acceptors (Lipinski definition) is 3. The molecule has 3 heteroatoms. The summed E-state index contributed by atoms with van der Waals surface area (Å²) in [6, 6.07) is 0. The zero-order valence-corrected chi connectivity index (χ0v) is 8.19. The quantitative estimate of drug-likeness (QED) is 0.648. The van der Waals surface area contributed by atoms with Crippen LogP contribution >= 0.6 is 11.8 Å². The lowest BCUT2D eigenvalue weighted by atomic mass is 10.4. The first-order valence-corrected chi connectivity index (χ1v) is 5.43. The normalized spacial score (nSPS) is 23.5. The summed E-state index contributed by atoms with van der Waals surface area (Å²) in [6.45, 7) is 6.21. The van der Waals surface area contributed by atoms with Gasteiger partial charge in [0.2, 0.25) is 0 Å². The van der Waals surface area contributed by atoms with E-state index in [9.17, 15) is 0 Å². The van der Waals surface area contributed by atoms with Crippen molar-refractivity contribution in [3.05, 3.63) is 0 Å². The summed E-state index contributed by atoms with van der Waals surface area (Å²) >= 11 is 2.00. The molecule has 0 amide bonds. The number of hydrogen-bond donors (Lipinski definition) is 0. The van der Waals surface area contributed by atoms with Gasteiger partial charge in [0.1, 0.15) is 6.23 Å². The van der Waals surface area contributed by atoms with E-state index in [2.05, 4.69) is 11.8 Å². The summed E-state index contributed by atoms with van der Waals surface area (Å²) in [5, 5.41) is 0. The van der Waals surface area contributed by atoms with Crippen LogP contribution in [0.15, 0.2) is 0 Å². The predicted molar refractivity (Wildman–Crippen MR) is 49.7 cm³/mol. The summed E-state index contributed by atoms with van der Waals surface area (Å²) < 4.78 is 5.49. The summed E-state index contributed by atoms with van der Waals surface area (Å²) in [5.41, 5.74) is 0. The molecular formula is C8H17NOS. The zero-order chi connectivity index (χ0) is 8.10. The van der Waals surface area contributed by atoms with Crippen LogP contribution in [0.5, 0.6) is 0 Å². The lowest BCUT2D eigenvalue weighted by Gasteiger charge is -2.31. The Balaban J connectivity index is 2.21. The highest BCUT2D eigenvalue weighted by Crippen LogP contribution is 2.16. The van der Waals surface area contributed by atoms with Gasteiger partial charge in [-0.25, -0.2) is 0 Å². The minimum absolute atomic E-state index is 0.313. The third kappa shape index (κ3) is 3.01. The largest absolute Gasteiger partial charge is 0.364 e. The minimum atomic E-state index is 0.313. The fraction of sp³-hybridized carbons (Fsp3) is 1.00. The molecule has 0 N–H and O–H groups in total. The second kappa shape index (κ2) is 5.01. The van der Waals surface area contributed by atoms with Crippen molar-refractivity contribution in [3.8, 4) is 0 Å². The molecule has 0 aromatic carbocycles. The maximum absolute atomic E-state index is 5.49. The van der Waals surface area contributed by atoms with Crippen molar-refractivity contribution < 1.29 is 4.74 Å². The van der Waals surface area contributed by atoms with Gasteiger partial charge in [0.15, 0.2) is 0 Å². The molecule has 11 heavy (non-hydrogen) atoms. The van der Waals surface area contributed by atoms with E-state index in [1.54, 1.807) is 0 Å². The van der Waals surface area contributed by atoms with Gasteiger partial charge in [-0.2, -0.15) is 0 Å². The van der Waals surface area contributed by atoms with E-state index in [-0.39, 0.29) is 0 Å². The Kier molecular flexibility index (Phi) is 4.26. The molecule has 0 aliphatic carbocycles. The molecule has 1 unspecified atom stereocenters. The summed E-state index contributed by atoms with van der Waals surface area (Å²) in [4.78, 5) is 2.39. The topological polar surface area (TPSA) is 12.5 Å². The molecule has 2 nitrogen and oxygen atoms in total. The first-order valence-electron chi connectivity index (χ1n) is 4.28. The lowest BCUT2D eigenvalue weighted by molar-refractivity contribution is -0.0332. The Morgan fingerprint density at radius 3 is 3.00 bits per heavy atom. The fourth-order valence-electron chi connectivity index (χ4n) is 1.25. The highest BCUT2D eigenvalue weighted by atomic mass is 32.2. The van der Waals surface area contributed by atoms with Gasteiger partial charge in [-0.15, -0.1) is 11.8 Å². The highest BCUT2D eigenvalue weighted by Gasteiger charge is 2.16. The molecule has 1 aliphatic heterocycles. The third-order valence-corrected chi connectivity index (χ3v) is 3.00. The van der Waals surface area contributed by atoms with Crippen LogP contribution in [0.4, 0.5) is 0 Å². The van der Waals surface area contributed by atoms with Crippen molar-refractivity contribution in [3.63, 3.8) is 0 Å². The van der Waals surface area contributed by atoms with E-state index >= 15 is 0 Å². The summed E-state index contributed by atoms with van der Waals surface area (Å²) in [5.74, 6) is 2.45. The van der Waals surface area contributed by atoms with Gasteiger partial charge < -0.3 is 4.74 Å². The molecule has 1 aliphatic rings. The maximum Gasteiger partial charge on any atom is 0.108 e. The third-order valence-electron chi connectivity index (χ3n) is 1.91. The lowest BCUT2D eigenvalue weighted by Crippen LogP contribution is -2.38. The Morgan fingerprint density at radius 1 is 1.64 bits per heavy atom. The second-order valence-corrected chi connectivity index (χ2v) is 3.83. The first kappa shape index (κ1) is 9.36. The van der Waals surface area contributed by atoms with Crippen LogP contribution in [0.1, 0.15) is 20.3 Å². The zero-order valence-electron chi connectivity index (χ0n) is 7.38. The number of ether oxygens (including phenoxy) is 1. The van der Waals surface area contributed by atoms with Gasteiger partial charge >= 0.3 is 0 Å². The van der Waals surface area contributed by atoms with E-state index in [0.29, 0.717) is 6.23 Å².